The zero-order valence-corrected chi connectivity index (χ0v) is 12.0. The predicted molar refractivity (Wildman–Crippen MR) is 80.1 cm³/mol. The second-order valence-corrected chi connectivity index (χ2v) is 5.77. The highest BCUT2D eigenvalue weighted by Gasteiger charge is 2.25. The molecule has 0 spiro atoms. The molecule has 0 saturated heterocycles. The molecule has 1 fully saturated rings. The van der Waals surface area contributed by atoms with Crippen LogP contribution in [0.4, 0.5) is 0 Å². The fourth-order valence-electron chi connectivity index (χ4n) is 3.03. The number of aliphatic hydroxyl groups excluding tert-OH is 1. The molecule has 1 aromatic carbocycles. The summed E-state index contributed by atoms with van der Waals surface area (Å²) in [5, 5.41) is 13.6. The summed E-state index contributed by atoms with van der Waals surface area (Å²) < 4.78 is 0. The lowest BCUT2D eigenvalue weighted by Crippen LogP contribution is -2.31. The lowest BCUT2D eigenvalue weighted by Gasteiger charge is -2.23. The standard InChI is InChI=1S/C17H27NO/c1-2-3-11-16(14-8-5-4-6-9-14)18-13-15-10-7-12-17(15)19/h4-6,8-9,15-19H,2-3,7,10-13H2,1H3. The zero-order valence-electron chi connectivity index (χ0n) is 12.0. The summed E-state index contributed by atoms with van der Waals surface area (Å²) in [6.07, 6.45) is 6.91. The quantitative estimate of drug-likeness (QED) is 0.785. The molecule has 0 aliphatic heterocycles. The SMILES string of the molecule is CCCCC(NCC1CCCC1O)c1ccccc1. The Bertz CT molecular complexity index is 352. The van der Waals surface area contributed by atoms with Gasteiger partial charge >= 0.3 is 0 Å². The fraction of sp³-hybridized carbons (Fsp3) is 0.647. The van der Waals surface area contributed by atoms with Crippen LogP contribution < -0.4 is 5.32 Å². The molecular formula is C17H27NO. The molecule has 19 heavy (non-hydrogen) atoms. The van der Waals surface area contributed by atoms with Crippen LogP contribution in [0, 0.1) is 5.92 Å². The molecule has 2 N–H and O–H groups in total. The van der Waals surface area contributed by atoms with Crippen molar-refractivity contribution in [1.29, 1.82) is 0 Å². The van der Waals surface area contributed by atoms with Crippen LogP contribution in [-0.4, -0.2) is 17.8 Å². The van der Waals surface area contributed by atoms with Crippen molar-refractivity contribution >= 4 is 0 Å². The van der Waals surface area contributed by atoms with Gasteiger partial charge in [-0.05, 0) is 30.7 Å². The number of benzene rings is 1. The van der Waals surface area contributed by atoms with Crippen molar-refractivity contribution in [3.63, 3.8) is 0 Å². The normalized spacial score (nSPS) is 24.5. The summed E-state index contributed by atoms with van der Waals surface area (Å²) in [6, 6.07) is 11.1. The number of unbranched alkanes of at least 4 members (excludes halogenated alkanes) is 1. The van der Waals surface area contributed by atoms with Gasteiger partial charge in [-0.2, -0.15) is 0 Å². The van der Waals surface area contributed by atoms with Crippen molar-refractivity contribution in [3.05, 3.63) is 35.9 Å². The number of aliphatic hydroxyl groups is 1. The van der Waals surface area contributed by atoms with Crippen LogP contribution in [0.5, 0.6) is 0 Å². The lowest BCUT2D eigenvalue weighted by molar-refractivity contribution is 0.129. The summed E-state index contributed by atoms with van der Waals surface area (Å²) in [5.74, 6) is 0.452. The zero-order chi connectivity index (χ0) is 13.5. The Labute approximate surface area is 117 Å². The first kappa shape index (κ1) is 14.5. The van der Waals surface area contributed by atoms with Gasteiger partial charge in [0.05, 0.1) is 6.10 Å². The van der Waals surface area contributed by atoms with Crippen LogP contribution in [0.1, 0.15) is 57.1 Å². The third-order valence-electron chi connectivity index (χ3n) is 4.29. The van der Waals surface area contributed by atoms with Crippen LogP contribution >= 0.6 is 0 Å². The van der Waals surface area contributed by atoms with Crippen molar-refractivity contribution in [2.45, 2.75) is 57.6 Å². The minimum atomic E-state index is -0.0879. The average molecular weight is 261 g/mol. The molecule has 1 aliphatic carbocycles. The Morgan fingerprint density at radius 1 is 1.26 bits per heavy atom. The van der Waals surface area contributed by atoms with Crippen LogP contribution in [0.2, 0.25) is 0 Å². The second kappa shape index (κ2) is 7.66. The molecule has 106 valence electrons. The minimum absolute atomic E-state index is 0.0879. The van der Waals surface area contributed by atoms with Gasteiger partial charge in [0.25, 0.3) is 0 Å². The van der Waals surface area contributed by atoms with Crippen LogP contribution in [0.15, 0.2) is 30.3 Å². The summed E-state index contributed by atoms with van der Waals surface area (Å²) >= 11 is 0. The maximum Gasteiger partial charge on any atom is 0.0580 e. The van der Waals surface area contributed by atoms with E-state index in [1.165, 1.54) is 37.7 Å². The van der Waals surface area contributed by atoms with Crippen molar-refractivity contribution in [2.24, 2.45) is 5.92 Å². The molecule has 2 nitrogen and oxygen atoms in total. The molecule has 0 aromatic heterocycles. The average Bonchev–Trinajstić information content (AvgIpc) is 2.85. The highest BCUT2D eigenvalue weighted by atomic mass is 16.3. The van der Waals surface area contributed by atoms with Gasteiger partial charge in [0.2, 0.25) is 0 Å². The largest absolute Gasteiger partial charge is 0.393 e. The molecule has 0 radical (unpaired) electrons. The number of nitrogens with one attached hydrogen (secondary N) is 1. The van der Waals surface area contributed by atoms with Gasteiger partial charge < -0.3 is 10.4 Å². The van der Waals surface area contributed by atoms with Gasteiger partial charge in [-0.15, -0.1) is 0 Å². The van der Waals surface area contributed by atoms with E-state index in [0.717, 1.165) is 13.0 Å². The van der Waals surface area contributed by atoms with Gasteiger partial charge in [-0.25, -0.2) is 0 Å². The third kappa shape index (κ3) is 4.32. The Morgan fingerprint density at radius 3 is 2.68 bits per heavy atom. The molecule has 3 unspecified atom stereocenters. The predicted octanol–water partition coefficient (Wildman–Crippen LogP) is 3.67. The van der Waals surface area contributed by atoms with E-state index in [0.29, 0.717) is 12.0 Å². The topological polar surface area (TPSA) is 32.3 Å². The van der Waals surface area contributed by atoms with Crippen LogP contribution in [-0.2, 0) is 0 Å². The van der Waals surface area contributed by atoms with Crippen LogP contribution in [0.3, 0.4) is 0 Å². The molecule has 1 aromatic rings. The molecule has 0 amide bonds. The van der Waals surface area contributed by atoms with E-state index >= 15 is 0 Å². The maximum atomic E-state index is 9.91. The Balaban J connectivity index is 1.90. The van der Waals surface area contributed by atoms with Crippen molar-refractivity contribution in [2.75, 3.05) is 6.54 Å². The lowest BCUT2D eigenvalue weighted by atomic mass is 9.99. The summed E-state index contributed by atoms with van der Waals surface area (Å²) in [4.78, 5) is 0. The molecule has 2 heteroatoms. The molecule has 3 atom stereocenters. The highest BCUT2D eigenvalue weighted by Crippen LogP contribution is 2.26. The van der Waals surface area contributed by atoms with Crippen molar-refractivity contribution < 1.29 is 5.11 Å². The number of hydrogen-bond donors (Lipinski definition) is 2. The summed E-state index contributed by atoms with van der Waals surface area (Å²) in [6.45, 7) is 3.19. The molecule has 0 heterocycles. The van der Waals surface area contributed by atoms with Gasteiger partial charge in [0.1, 0.15) is 0 Å². The van der Waals surface area contributed by atoms with Gasteiger partial charge in [-0.1, -0.05) is 56.5 Å². The van der Waals surface area contributed by atoms with E-state index < -0.39 is 0 Å². The van der Waals surface area contributed by atoms with E-state index in [9.17, 15) is 5.11 Å². The summed E-state index contributed by atoms with van der Waals surface area (Å²) in [7, 11) is 0. The smallest absolute Gasteiger partial charge is 0.0580 e. The summed E-state index contributed by atoms with van der Waals surface area (Å²) in [5.41, 5.74) is 1.38. The van der Waals surface area contributed by atoms with E-state index in [1.54, 1.807) is 0 Å². The van der Waals surface area contributed by atoms with Crippen LogP contribution in [0.25, 0.3) is 0 Å². The first-order valence-corrected chi connectivity index (χ1v) is 7.77. The Morgan fingerprint density at radius 2 is 2.05 bits per heavy atom. The molecule has 0 bridgehead atoms. The van der Waals surface area contributed by atoms with E-state index in [4.69, 9.17) is 0 Å². The van der Waals surface area contributed by atoms with E-state index in [1.807, 2.05) is 0 Å². The Kier molecular flexibility index (Phi) is 5.87. The maximum absolute atomic E-state index is 9.91. The second-order valence-electron chi connectivity index (χ2n) is 5.77. The first-order valence-electron chi connectivity index (χ1n) is 7.77. The Hall–Kier alpha value is -0.860. The van der Waals surface area contributed by atoms with E-state index in [2.05, 4.69) is 42.6 Å². The van der Waals surface area contributed by atoms with Crippen molar-refractivity contribution in [3.8, 4) is 0 Å². The van der Waals surface area contributed by atoms with Gasteiger partial charge in [0.15, 0.2) is 0 Å². The molecule has 2 rings (SSSR count). The number of hydrogen-bond acceptors (Lipinski definition) is 2. The molecule has 1 aliphatic rings. The highest BCUT2D eigenvalue weighted by molar-refractivity contribution is 5.18. The monoisotopic (exact) mass is 261 g/mol. The minimum Gasteiger partial charge on any atom is -0.393 e. The van der Waals surface area contributed by atoms with Gasteiger partial charge in [-0.3, -0.25) is 0 Å². The molecular weight excluding hydrogens is 234 g/mol. The van der Waals surface area contributed by atoms with Crippen molar-refractivity contribution in [1.82, 2.24) is 5.32 Å². The van der Waals surface area contributed by atoms with Gasteiger partial charge in [0, 0.05) is 12.6 Å². The van der Waals surface area contributed by atoms with E-state index in [-0.39, 0.29) is 6.10 Å². The fourth-order valence-corrected chi connectivity index (χ4v) is 3.03. The third-order valence-corrected chi connectivity index (χ3v) is 4.29. The molecule has 1 saturated carbocycles. The first-order chi connectivity index (χ1) is 9.31. The number of rotatable bonds is 7.